The summed E-state index contributed by atoms with van der Waals surface area (Å²) in [5.74, 6) is -4.22. The Morgan fingerprint density at radius 3 is 2.51 bits per heavy atom. The monoisotopic (exact) mass is 617 g/mol. The summed E-state index contributed by atoms with van der Waals surface area (Å²) in [6.07, 6.45) is -7.66. The van der Waals surface area contributed by atoms with Gasteiger partial charge in [-0.05, 0) is 32.9 Å². The van der Waals surface area contributed by atoms with Crippen molar-refractivity contribution in [3.63, 3.8) is 0 Å². The Morgan fingerprint density at radius 2 is 1.88 bits per heavy atom. The van der Waals surface area contributed by atoms with Gasteiger partial charge in [-0.15, -0.1) is 0 Å². The number of ether oxygens (including phenoxy) is 1. The average Bonchev–Trinajstić information content (AvgIpc) is 3.56. The van der Waals surface area contributed by atoms with E-state index in [1.165, 1.54) is 64.1 Å². The van der Waals surface area contributed by atoms with E-state index in [0.717, 1.165) is 16.1 Å². The van der Waals surface area contributed by atoms with E-state index in [-0.39, 0.29) is 34.5 Å². The van der Waals surface area contributed by atoms with E-state index >= 15 is 0 Å². The molecule has 12 nitrogen and oxygen atoms in total. The largest absolute Gasteiger partial charge is 0.490 e. The number of hydrogen-bond donors (Lipinski definition) is 1. The lowest BCUT2D eigenvalue weighted by Crippen LogP contribution is -2.41. The van der Waals surface area contributed by atoms with Crippen molar-refractivity contribution >= 4 is 35.1 Å². The first kappa shape index (κ1) is 31.3. The van der Waals surface area contributed by atoms with Crippen LogP contribution in [0.4, 0.5) is 43.7 Å². The topological polar surface area (TPSA) is 136 Å². The Labute approximate surface area is 239 Å². The second-order valence-corrected chi connectivity index (χ2v) is 10.4. The summed E-state index contributed by atoms with van der Waals surface area (Å²) in [5, 5.41) is 6.70. The zero-order valence-electron chi connectivity index (χ0n) is 23.2. The molecule has 0 bridgehead atoms. The highest BCUT2D eigenvalue weighted by molar-refractivity contribution is 6.08. The predicted octanol–water partition coefficient (Wildman–Crippen LogP) is 3.96. The Bertz CT molecular complexity index is 1550. The number of nitrogens with one attached hydrogen (secondary N) is 1. The van der Waals surface area contributed by atoms with Gasteiger partial charge < -0.3 is 19.4 Å². The lowest BCUT2D eigenvalue weighted by atomic mass is 9.87. The van der Waals surface area contributed by atoms with E-state index in [9.17, 15) is 40.7 Å². The summed E-state index contributed by atoms with van der Waals surface area (Å²) in [4.78, 5) is 47.8. The number of pyridine rings is 1. The Balaban J connectivity index is 1.56. The van der Waals surface area contributed by atoms with Gasteiger partial charge in [0.15, 0.2) is 11.5 Å². The van der Waals surface area contributed by atoms with Crippen molar-refractivity contribution in [1.82, 2.24) is 19.7 Å². The number of hydrogen-bond acceptors (Lipinski definition) is 9. The molecule has 4 rings (SSSR count). The summed E-state index contributed by atoms with van der Waals surface area (Å²) in [7, 11) is 2.68. The summed E-state index contributed by atoms with van der Waals surface area (Å²) in [5.41, 5.74) is -1.60. The lowest BCUT2D eigenvalue weighted by molar-refractivity contribution is -0.208. The zero-order chi connectivity index (χ0) is 32.1. The molecule has 2 atom stereocenters. The number of anilines is 3. The number of aryl methyl sites for hydroxylation is 1. The molecule has 1 unspecified atom stereocenters. The third-order valence-corrected chi connectivity index (χ3v) is 6.61. The molecule has 4 heterocycles. The molecule has 232 valence electrons. The van der Waals surface area contributed by atoms with Gasteiger partial charge in [0.1, 0.15) is 30.4 Å². The van der Waals surface area contributed by atoms with Crippen molar-refractivity contribution in [2.24, 2.45) is 12.5 Å². The maximum Gasteiger partial charge on any atom is 0.490 e. The molecule has 0 aromatic carbocycles. The Morgan fingerprint density at radius 1 is 1.21 bits per heavy atom. The predicted molar refractivity (Wildman–Crippen MR) is 137 cm³/mol. The molecule has 1 fully saturated rings. The van der Waals surface area contributed by atoms with Crippen molar-refractivity contribution in [2.45, 2.75) is 45.3 Å². The molecule has 1 saturated heterocycles. The number of oxazole rings is 1. The van der Waals surface area contributed by atoms with Gasteiger partial charge in [0.05, 0.1) is 17.7 Å². The third kappa shape index (κ3) is 6.41. The van der Waals surface area contributed by atoms with Crippen LogP contribution in [0.3, 0.4) is 0 Å². The molecule has 1 N–H and O–H groups in total. The number of halogens is 6. The van der Waals surface area contributed by atoms with Crippen LogP contribution in [0.5, 0.6) is 0 Å². The highest BCUT2D eigenvalue weighted by Gasteiger charge is 2.57. The molecule has 0 saturated carbocycles. The quantitative estimate of drug-likeness (QED) is 0.309. The molecule has 0 spiro atoms. The first-order valence-electron chi connectivity index (χ1n) is 12.5. The standard InChI is InChI=1S/C25H25F6N7O5/c1-12-17(43-22(41)25(29,30)31)23(2,3)21(40)38(12)18-14(9-37(5)35-18)33-19(39)15-10-42-20(34-15)13-6-7-32-16(8-13)36(4)11-24(26,27)28/h6-10,12,17H,11H2,1-5H3,(H,33,39)/t12-,17?/m0/s1. The second-order valence-electron chi connectivity index (χ2n) is 10.4. The summed E-state index contributed by atoms with van der Waals surface area (Å²) < 4.78 is 88.3. The van der Waals surface area contributed by atoms with Crippen LogP contribution < -0.4 is 15.1 Å². The molecule has 3 aromatic heterocycles. The minimum atomic E-state index is -5.27. The van der Waals surface area contributed by atoms with Crippen LogP contribution in [0.2, 0.25) is 0 Å². The van der Waals surface area contributed by atoms with Gasteiger partial charge in [-0.2, -0.15) is 31.4 Å². The van der Waals surface area contributed by atoms with Gasteiger partial charge in [-0.1, -0.05) is 0 Å². The van der Waals surface area contributed by atoms with Crippen molar-refractivity contribution < 1.29 is 49.9 Å². The molecule has 1 aliphatic heterocycles. The molecule has 18 heteroatoms. The number of carbonyl (C=O) groups is 3. The van der Waals surface area contributed by atoms with Crippen LogP contribution in [0.25, 0.3) is 11.5 Å². The number of aromatic nitrogens is 4. The molecular formula is C25H25F6N7O5. The molecule has 43 heavy (non-hydrogen) atoms. The average molecular weight is 618 g/mol. The Kier molecular flexibility index (Phi) is 7.92. The van der Waals surface area contributed by atoms with Gasteiger partial charge in [0.2, 0.25) is 11.8 Å². The molecular weight excluding hydrogens is 592 g/mol. The van der Waals surface area contributed by atoms with Crippen molar-refractivity contribution in [3.05, 3.63) is 36.5 Å². The van der Waals surface area contributed by atoms with Gasteiger partial charge in [0, 0.05) is 25.9 Å². The van der Waals surface area contributed by atoms with Gasteiger partial charge >= 0.3 is 18.3 Å². The van der Waals surface area contributed by atoms with E-state index in [4.69, 9.17) is 4.42 Å². The molecule has 3 aromatic rings. The minimum Gasteiger partial charge on any atom is -0.452 e. The first-order valence-corrected chi connectivity index (χ1v) is 12.5. The molecule has 1 aliphatic rings. The Hall–Kier alpha value is -4.64. The van der Waals surface area contributed by atoms with E-state index < -0.39 is 54.2 Å². The smallest absolute Gasteiger partial charge is 0.452 e. The number of nitrogens with zero attached hydrogens (tertiary/aromatic N) is 6. The number of carbonyl (C=O) groups excluding carboxylic acids is 3. The van der Waals surface area contributed by atoms with Crippen LogP contribution in [0.1, 0.15) is 31.3 Å². The van der Waals surface area contributed by atoms with Gasteiger partial charge in [0.25, 0.3) is 5.91 Å². The third-order valence-electron chi connectivity index (χ3n) is 6.61. The molecule has 2 amide bonds. The normalized spacial score (nSPS) is 18.6. The fourth-order valence-corrected chi connectivity index (χ4v) is 4.62. The first-order chi connectivity index (χ1) is 19.8. The summed E-state index contributed by atoms with van der Waals surface area (Å²) in [6.45, 7) is 2.77. The molecule has 0 aliphatic carbocycles. The van der Waals surface area contributed by atoms with Crippen LogP contribution >= 0.6 is 0 Å². The SMILES string of the molecule is C[C@H]1C(OC(=O)C(F)(F)F)C(C)(C)C(=O)N1c1nn(C)cc1NC(=O)c1coc(-c2ccnc(N(C)CC(F)(F)F)c2)n1. The number of amides is 2. The summed E-state index contributed by atoms with van der Waals surface area (Å²) in [6, 6.07) is 1.61. The highest BCUT2D eigenvalue weighted by atomic mass is 19.4. The minimum absolute atomic E-state index is 0.0178. The van der Waals surface area contributed by atoms with E-state index in [1.807, 2.05) is 0 Å². The fraction of sp³-hybridized carbons (Fsp3) is 0.440. The van der Waals surface area contributed by atoms with Crippen LogP contribution in [-0.2, 0) is 21.4 Å². The highest BCUT2D eigenvalue weighted by Crippen LogP contribution is 2.43. The van der Waals surface area contributed by atoms with E-state index in [1.54, 1.807) is 0 Å². The fourth-order valence-electron chi connectivity index (χ4n) is 4.62. The maximum atomic E-state index is 13.3. The molecule has 0 radical (unpaired) electrons. The summed E-state index contributed by atoms with van der Waals surface area (Å²) >= 11 is 0. The zero-order valence-corrected chi connectivity index (χ0v) is 23.2. The maximum absolute atomic E-state index is 13.3. The second kappa shape index (κ2) is 10.9. The van der Waals surface area contributed by atoms with Gasteiger partial charge in [-0.25, -0.2) is 14.8 Å². The van der Waals surface area contributed by atoms with Gasteiger partial charge in [-0.3, -0.25) is 19.2 Å². The van der Waals surface area contributed by atoms with E-state index in [2.05, 4.69) is 25.1 Å². The number of alkyl halides is 6. The van der Waals surface area contributed by atoms with Crippen LogP contribution in [-0.4, -0.2) is 75.6 Å². The van der Waals surface area contributed by atoms with Crippen LogP contribution in [0, 0.1) is 5.41 Å². The lowest BCUT2D eigenvalue weighted by Gasteiger charge is -2.26. The van der Waals surface area contributed by atoms with Crippen molar-refractivity contribution in [2.75, 3.05) is 28.7 Å². The van der Waals surface area contributed by atoms with Crippen LogP contribution in [0.15, 0.2) is 35.2 Å². The number of esters is 1. The van der Waals surface area contributed by atoms with Crippen molar-refractivity contribution in [3.8, 4) is 11.5 Å². The van der Waals surface area contributed by atoms with Crippen molar-refractivity contribution in [1.29, 1.82) is 0 Å². The number of rotatable bonds is 7. The van der Waals surface area contributed by atoms with E-state index in [0.29, 0.717) is 0 Å².